The highest BCUT2D eigenvalue weighted by molar-refractivity contribution is 5.41. The van der Waals surface area contributed by atoms with Crippen molar-refractivity contribution in [3.8, 4) is 11.5 Å². The van der Waals surface area contributed by atoms with Crippen molar-refractivity contribution < 1.29 is 31.4 Å². The van der Waals surface area contributed by atoms with Crippen LogP contribution in [0.4, 0.5) is 0 Å². The molecule has 32 heavy (non-hydrogen) atoms. The van der Waals surface area contributed by atoms with E-state index in [4.69, 9.17) is 4.74 Å². The topological polar surface area (TPSA) is 48.6 Å². The molecule has 2 aliphatic heterocycles. The zero-order valence-corrected chi connectivity index (χ0v) is 20.9. The van der Waals surface area contributed by atoms with Crippen molar-refractivity contribution in [3.63, 3.8) is 0 Å². The standard InChI is InChI=1S/C26H37N3O2.BrH/c1-28-15-7-9-25(28)22-8-6-17-29(20-22)16-5-3-2-4-14-27-19-24-13-11-21-10-12-23(30)18-26(21)31-24;/h6,8,10,12,17-18,20,24-25,27H,2-5,7,9,11,13-16,19H2,1H3;1H/t24?,25-;/m0./s1. The third-order valence-corrected chi connectivity index (χ3v) is 6.76. The van der Waals surface area contributed by atoms with Crippen molar-refractivity contribution >= 4 is 0 Å². The maximum Gasteiger partial charge on any atom is 0.173 e. The van der Waals surface area contributed by atoms with E-state index in [1.165, 1.54) is 56.2 Å². The molecule has 1 fully saturated rings. The summed E-state index contributed by atoms with van der Waals surface area (Å²) in [5.74, 6) is 1.13. The number of halogens is 1. The Morgan fingerprint density at radius 2 is 2.03 bits per heavy atom. The third kappa shape index (κ3) is 6.93. The van der Waals surface area contributed by atoms with Gasteiger partial charge in [-0.15, -0.1) is 0 Å². The molecule has 4 rings (SSSR count). The van der Waals surface area contributed by atoms with Crippen LogP contribution in [0.2, 0.25) is 0 Å². The first-order chi connectivity index (χ1) is 15.2. The van der Waals surface area contributed by atoms with Gasteiger partial charge in [0.1, 0.15) is 24.1 Å². The number of aryl methyl sites for hydroxylation is 2. The molecule has 176 valence electrons. The number of hydrogen-bond acceptors (Lipinski definition) is 4. The SMILES string of the molecule is CN1CCC[C@H]1c1ccc[n+](CCCCCCNCC2CCc3ccc(O)cc3O2)c1.[Br-]. The summed E-state index contributed by atoms with van der Waals surface area (Å²) in [6.07, 6.45) is 14.4. The van der Waals surface area contributed by atoms with Gasteiger partial charge in [-0.25, -0.2) is 4.57 Å². The number of nitrogens with one attached hydrogen (secondary N) is 1. The van der Waals surface area contributed by atoms with E-state index < -0.39 is 0 Å². The Bertz CT molecular complexity index is 848. The smallest absolute Gasteiger partial charge is 0.173 e. The van der Waals surface area contributed by atoms with Crippen molar-refractivity contribution in [1.29, 1.82) is 0 Å². The van der Waals surface area contributed by atoms with Crippen LogP contribution in [0.3, 0.4) is 0 Å². The molecule has 1 aromatic heterocycles. The van der Waals surface area contributed by atoms with Crippen LogP contribution in [0.1, 0.15) is 62.1 Å². The number of rotatable bonds is 10. The van der Waals surface area contributed by atoms with Crippen molar-refractivity contribution in [1.82, 2.24) is 10.2 Å². The Kier molecular flexibility index (Phi) is 9.82. The number of unbranched alkanes of at least 4 members (excludes halogenated alkanes) is 3. The predicted octanol–water partition coefficient (Wildman–Crippen LogP) is 0.994. The van der Waals surface area contributed by atoms with Gasteiger partial charge in [0.2, 0.25) is 0 Å². The van der Waals surface area contributed by atoms with Gasteiger partial charge in [0.25, 0.3) is 0 Å². The van der Waals surface area contributed by atoms with Crippen LogP contribution in [0.15, 0.2) is 42.7 Å². The minimum atomic E-state index is 0. The van der Waals surface area contributed by atoms with Crippen molar-refractivity contribution in [2.45, 2.75) is 70.1 Å². The second-order valence-corrected chi connectivity index (χ2v) is 9.20. The van der Waals surface area contributed by atoms with Crippen molar-refractivity contribution in [2.75, 3.05) is 26.7 Å². The molecule has 2 aromatic rings. The van der Waals surface area contributed by atoms with Gasteiger partial charge in [-0.2, -0.15) is 0 Å². The molecule has 0 amide bonds. The predicted molar refractivity (Wildman–Crippen MR) is 123 cm³/mol. The number of pyridine rings is 1. The van der Waals surface area contributed by atoms with Gasteiger partial charge in [0.15, 0.2) is 12.4 Å². The Morgan fingerprint density at radius 3 is 2.88 bits per heavy atom. The Balaban J connectivity index is 0.00000289. The molecule has 1 aromatic carbocycles. The number of aromatic hydroxyl groups is 1. The summed E-state index contributed by atoms with van der Waals surface area (Å²) in [6, 6.07) is 10.5. The van der Waals surface area contributed by atoms with Gasteiger partial charge in [-0.05, 0) is 76.4 Å². The molecule has 2 N–H and O–H groups in total. The highest BCUT2D eigenvalue weighted by atomic mass is 79.9. The minimum Gasteiger partial charge on any atom is -1.00 e. The van der Waals surface area contributed by atoms with E-state index in [9.17, 15) is 5.11 Å². The molecule has 1 unspecified atom stereocenters. The molecule has 0 aliphatic carbocycles. The number of ether oxygens (including phenoxy) is 1. The number of likely N-dealkylation sites (tertiary alicyclic amines) is 1. The van der Waals surface area contributed by atoms with E-state index in [1.807, 2.05) is 6.07 Å². The van der Waals surface area contributed by atoms with E-state index in [2.05, 4.69) is 46.4 Å². The minimum absolute atomic E-state index is 0. The Hall–Kier alpha value is -1.63. The number of nitrogens with zero attached hydrogens (tertiary/aromatic N) is 2. The van der Waals surface area contributed by atoms with Gasteiger partial charge >= 0.3 is 0 Å². The van der Waals surface area contributed by atoms with Crippen LogP contribution < -0.4 is 31.6 Å². The highest BCUT2D eigenvalue weighted by Crippen LogP contribution is 2.31. The summed E-state index contributed by atoms with van der Waals surface area (Å²) >= 11 is 0. The van der Waals surface area contributed by atoms with Crippen molar-refractivity contribution in [2.24, 2.45) is 0 Å². The monoisotopic (exact) mass is 503 g/mol. The van der Waals surface area contributed by atoms with Gasteiger partial charge in [0.05, 0.1) is 0 Å². The van der Waals surface area contributed by atoms with Crippen LogP contribution in [0, 0.1) is 0 Å². The molecule has 2 atom stereocenters. The van der Waals surface area contributed by atoms with Crippen LogP contribution in [0.25, 0.3) is 0 Å². The summed E-state index contributed by atoms with van der Waals surface area (Å²) in [5.41, 5.74) is 2.67. The first-order valence-corrected chi connectivity index (χ1v) is 12.1. The third-order valence-electron chi connectivity index (χ3n) is 6.76. The van der Waals surface area contributed by atoms with Gasteiger partial charge < -0.3 is 32.1 Å². The van der Waals surface area contributed by atoms with Crippen molar-refractivity contribution in [3.05, 3.63) is 53.9 Å². The average Bonchev–Trinajstić information content (AvgIpc) is 3.21. The van der Waals surface area contributed by atoms with E-state index in [0.29, 0.717) is 6.04 Å². The Morgan fingerprint density at radius 1 is 1.16 bits per heavy atom. The zero-order valence-electron chi connectivity index (χ0n) is 19.3. The average molecular weight is 505 g/mol. The lowest BCUT2D eigenvalue weighted by molar-refractivity contribution is -0.697. The summed E-state index contributed by atoms with van der Waals surface area (Å²) < 4.78 is 8.40. The summed E-state index contributed by atoms with van der Waals surface area (Å²) in [4.78, 5) is 2.48. The van der Waals surface area contributed by atoms with Gasteiger partial charge in [-0.3, -0.25) is 4.90 Å². The van der Waals surface area contributed by atoms with E-state index in [1.54, 1.807) is 12.1 Å². The quantitative estimate of drug-likeness (QED) is 0.375. The molecule has 6 heteroatoms. The summed E-state index contributed by atoms with van der Waals surface area (Å²) in [6.45, 7) is 4.26. The molecule has 1 saturated heterocycles. The molecule has 3 heterocycles. The molecule has 0 radical (unpaired) electrons. The fourth-order valence-corrected chi connectivity index (χ4v) is 4.93. The van der Waals surface area contributed by atoms with E-state index in [0.717, 1.165) is 38.2 Å². The lowest BCUT2D eigenvalue weighted by atomic mass is 10.0. The number of phenolic OH excluding ortho intramolecular Hbond substituents is 1. The molecule has 0 spiro atoms. The van der Waals surface area contributed by atoms with E-state index in [-0.39, 0.29) is 28.8 Å². The van der Waals surface area contributed by atoms with Gasteiger partial charge in [0, 0.05) is 36.7 Å². The van der Waals surface area contributed by atoms with Crippen LogP contribution >= 0.6 is 0 Å². The lowest BCUT2D eigenvalue weighted by Gasteiger charge is -2.26. The second-order valence-electron chi connectivity index (χ2n) is 9.20. The first-order valence-electron chi connectivity index (χ1n) is 12.1. The Labute approximate surface area is 203 Å². The lowest BCUT2D eigenvalue weighted by Crippen LogP contribution is -3.00. The molecule has 0 bridgehead atoms. The number of aromatic nitrogens is 1. The van der Waals surface area contributed by atoms with Crippen LogP contribution in [0.5, 0.6) is 11.5 Å². The molecule has 2 aliphatic rings. The van der Waals surface area contributed by atoms with Gasteiger partial charge in [-0.1, -0.05) is 12.5 Å². The molecule has 5 nitrogen and oxygen atoms in total. The molecule has 0 saturated carbocycles. The van der Waals surface area contributed by atoms with Crippen LogP contribution in [-0.4, -0.2) is 42.8 Å². The van der Waals surface area contributed by atoms with E-state index >= 15 is 0 Å². The molecular weight excluding hydrogens is 466 g/mol. The second kappa shape index (κ2) is 12.6. The van der Waals surface area contributed by atoms with Crippen LogP contribution in [-0.2, 0) is 13.0 Å². The zero-order chi connectivity index (χ0) is 21.5. The largest absolute Gasteiger partial charge is 1.00 e. The fraction of sp³-hybridized carbons (Fsp3) is 0.577. The number of hydrogen-bond donors (Lipinski definition) is 2. The number of phenols is 1. The number of benzene rings is 1. The summed E-state index contributed by atoms with van der Waals surface area (Å²) in [7, 11) is 2.24. The fourth-order valence-electron chi connectivity index (χ4n) is 4.93. The highest BCUT2D eigenvalue weighted by Gasteiger charge is 2.24. The maximum atomic E-state index is 9.64. The molecular formula is C26H38BrN3O2. The normalized spacial score (nSPS) is 20.4. The number of fused-ring (bicyclic) bond motifs is 1. The first kappa shape index (κ1) is 25.0. The maximum absolute atomic E-state index is 9.64. The summed E-state index contributed by atoms with van der Waals surface area (Å²) in [5, 5.41) is 13.2.